The minimum atomic E-state index is -1.26. The van der Waals surface area contributed by atoms with Gasteiger partial charge in [-0.2, -0.15) is 5.26 Å². The predicted molar refractivity (Wildman–Crippen MR) is 65.9 cm³/mol. The lowest BCUT2D eigenvalue weighted by Gasteiger charge is -2.07. The number of hydrogen-bond acceptors (Lipinski definition) is 4. The first-order valence-electron chi connectivity index (χ1n) is 5.33. The van der Waals surface area contributed by atoms with E-state index in [4.69, 9.17) is 5.26 Å². The molecule has 19 heavy (non-hydrogen) atoms. The Labute approximate surface area is 112 Å². The number of ketones is 1. The minimum absolute atomic E-state index is 0.00402. The molecular formula is C13H8F2N2OS. The van der Waals surface area contributed by atoms with Gasteiger partial charge in [-0.1, -0.05) is 0 Å². The van der Waals surface area contributed by atoms with Crippen LogP contribution in [0.4, 0.5) is 8.78 Å². The molecule has 1 aromatic carbocycles. The van der Waals surface area contributed by atoms with E-state index in [1.807, 2.05) is 0 Å². The lowest BCUT2D eigenvalue weighted by Crippen LogP contribution is -2.12. The highest BCUT2D eigenvalue weighted by molar-refractivity contribution is 7.09. The third-order valence-corrected chi connectivity index (χ3v) is 3.25. The Morgan fingerprint density at radius 3 is 2.47 bits per heavy atom. The van der Waals surface area contributed by atoms with E-state index in [1.54, 1.807) is 13.0 Å². The van der Waals surface area contributed by atoms with Gasteiger partial charge in [-0.25, -0.2) is 13.8 Å². The molecule has 2 aromatic rings. The van der Waals surface area contributed by atoms with Gasteiger partial charge in [0, 0.05) is 11.4 Å². The Morgan fingerprint density at radius 1 is 1.37 bits per heavy atom. The quantitative estimate of drug-likeness (QED) is 0.810. The van der Waals surface area contributed by atoms with E-state index in [2.05, 4.69) is 4.98 Å². The molecule has 3 nitrogen and oxygen atoms in total. The number of carbonyl (C=O) groups excluding carboxylic acids is 1. The summed E-state index contributed by atoms with van der Waals surface area (Å²) in [6.07, 6.45) is 0. The SMILES string of the molecule is Cc1nc(C(=O)C(C#N)c2cc(F)cc(F)c2)cs1. The molecule has 0 aliphatic carbocycles. The van der Waals surface area contributed by atoms with Crippen LogP contribution in [0.5, 0.6) is 0 Å². The summed E-state index contributed by atoms with van der Waals surface area (Å²) < 4.78 is 26.2. The first-order valence-corrected chi connectivity index (χ1v) is 6.21. The molecule has 0 saturated heterocycles. The van der Waals surface area contributed by atoms with Gasteiger partial charge in [-0.3, -0.25) is 4.79 Å². The molecule has 0 N–H and O–H groups in total. The molecule has 0 amide bonds. The number of aryl methyl sites for hydroxylation is 1. The zero-order valence-electron chi connectivity index (χ0n) is 9.85. The van der Waals surface area contributed by atoms with Crippen LogP contribution in [0.15, 0.2) is 23.6 Å². The second-order valence-corrected chi connectivity index (χ2v) is 4.94. The Kier molecular flexibility index (Phi) is 3.67. The largest absolute Gasteiger partial charge is 0.291 e. The number of thiazole rings is 1. The summed E-state index contributed by atoms with van der Waals surface area (Å²) >= 11 is 1.27. The Bertz CT molecular complexity index is 655. The van der Waals surface area contributed by atoms with Crippen LogP contribution in [-0.4, -0.2) is 10.8 Å². The third kappa shape index (κ3) is 2.83. The van der Waals surface area contributed by atoms with Gasteiger partial charge in [-0.15, -0.1) is 11.3 Å². The molecule has 96 valence electrons. The number of benzene rings is 1. The number of nitriles is 1. The van der Waals surface area contributed by atoms with Crippen LogP contribution in [0, 0.1) is 29.9 Å². The van der Waals surface area contributed by atoms with Gasteiger partial charge in [0.1, 0.15) is 23.2 Å². The Morgan fingerprint density at radius 2 is 2.00 bits per heavy atom. The Hall–Kier alpha value is -2.13. The number of nitrogens with zero attached hydrogens (tertiary/aromatic N) is 2. The van der Waals surface area contributed by atoms with Crippen LogP contribution in [0.1, 0.15) is 27.0 Å². The van der Waals surface area contributed by atoms with Gasteiger partial charge in [-0.05, 0) is 24.6 Å². The minimum Gasteiger partial charge on any atom is -0.291 e. The van der Waals surface area contributed by atoms with E-state index in [9.17, 15) is 13.6 Å². The van der Waals surface area contributed by atoms with E-state index >= 15 is 0 Å². The van der Waals surface area contributed by atoms with Gasteiger partial charge in [0.05, 0.1) is 11.1 Å². The summed E-state index contributed by atoms with van der Waals surface area (Å²) in [5.74, 6) is -3.46. The van der Waals surface area contributed by atoms with E-state index in [0.717, 1.165) is 12.1 Å². The second kappa shape index (κ2) is 5.24. The number of aromatic nitrogens is 1. The van der Waals surface area contributed by atoms with Crippen molar-refractivity contribution in [3.8, 4) is 6.07 Å². The lowest BCUT2D eigenvalue weighted by atomic mass is 9.94. The molecule has 0 fully saturated rings. The van der Waals surface area contributed by atoms with Crippen LogP contribution in [-0.2, 0) is 0 Å². The summed E-state index contributed by atoms with van der Waals surface area (Å²) in [6, 6.07) is 4.41. The van der Waals surface area contributed by atoms with Crippen molar-refractivity contribution in [2.45, 2.75) is 12.8 Å². The molecule has 0 saturated carbocycles. The molecule has 0 aliphatic rings. The van der Waals surface area contributed by atoms with Gasteiger partial charge in [0.15, 0.2) is 0 Å². The molecule has 2 rings (SSSR count). The van der Waals surface area contributed by atoms with Crippen LogP contribution in [0.25, 0.3) is 0 Å². The number of Topliss-reactive ketones (excluding diaryl/α,β-unsaturated/α-hetero) is 1. The number of rotatable bonds is 3. The van der Waals surface area contributed by atoms with Crippen LogP contribution in [0.2, 0.25) is 0 Å². The maximum absolute atomic E-state index is 13.1. The highest BCUT2D eigenvalue weighted by Gasteiger charge is 2.24. The standard InChI is InChI=1S/C13H8F2N2OS/c1-7-17-12(6-19-7)13(18)11(5-16)8-2-9(14)4-10(15)3-8/h2-4,6,11H,1H3. The summed E-state index contributed by atoms with van der Waals surface area (Å²) in [4.78, 5) is 16.1. The van der Waals surface area contributed by atoms with E-state index in [0.29, 0.717) is 11.1 Å². The van der Waals surface area contributed by atoms with Gasteiger partial charge in [0.25, 0.3) is 0 Å². The molecule has 0 radical (unpaired) electrons. The molecule has 0 spiro atoms. The monoisotopic (exact) mass is 278 g/mol. The fourth-order valence-electron chi connectivity index (χ4n) is 1.65. The van der Waals surface area contributed by atoms with Crippen LogP contribution in [0.3, 0.4) is 0 Å². The summed E-state index contributed by atoms with van der Waals surface area (Å²) in [6.45, 7) is 1.73. The van der Waals surface area contributed by atoms with Crippen molar-refractivity contribution in [2.75, 3.05) is 0 Å². The molecule has 1 heterocycles. The van der Waals surface area contributed by atoms with Gasteiger partial charge < -0.3 is 0 Å². The van der Waals surface area contributed by atoms with Crippen molar-refractivity contribution in [3.63, 3.8) is 0 Å². The van der Waals surface area contributed by atoms with Crippen LogP contribution >= 0.6 is 11.3 Å². The summed E-state index contributed by atoms with van der Waals surface area (Å²) in [5, 5.41) is 11.3. The maximum Gasteiger partial charge on any atom is 0.203 e. The average molecular weight is 278 g/mol. The molecular weight excluding hydrogens is 270 g/mol. The molecule has 1 unspecified atom stereocenters. The first-order chi connectivity index (χ1) is 9.01. The van der Waals surface area contributed by atoms with E-state index in [-0.39, 0.29) is 11.3 Å². The fourth-order valence-corrected chi connectivity index (χ4v) is 2.25. The highest BCUT2D eigenvalue weighted by Crippen LogP contribution is 2.23. The predicted octanol–water partition coefficient (Wildman–Crippen LogP) is 3.22. The molecule has 0 bridgehead atoms. The summed E-state index contributed by atoms with van der Waals surface area (Å²) in [5.41, 5.74) is 0.134. The van der Waals surface area contributed by atoms with Crippen molar-refractivity contribution in [1.82, 2.24) is 4.98 Å². The topological polar surface area (TPSA) is 53.8 Å². The fraction of sp³-hybridized carbons (Fsp3) is 0.154. The maximum atomic E-state index is 13.1. The molecule has 1 aromatic heterocycles. The normalized spacial score (nSPS) is 11.9. The zero-order valence-corrected chi connectivity index (χ0v) is 10.7. The van der Waals surface area contributed by atoms with Crippen molar-refractivity contribution in [2.24, 2.45) is 0 Å². The molecule has 0 aliphatic heterocycles. The lowest BCUT2D eigenvalue weighted by molar-refractivity contribution is 0.0974. The highest BCUT2D eigenvalue weighted by atomic mass is 32.1. The number of halogens is 2. The molecule has 1 atom stereocenters. The van der Waals surface area contributed by atoms with Gasteiger partial charge in [0.2, 0.25) is 5.78 Å². The third-order valence-electron chi connectivity index (χ3n) is 2.48. The second-order valence-electron chi connectivity index (χ2n) is 3.88. The van der Waals surface area contributed by atoms with E-state index in [1.165, 1.54) is 16.7 Å². The van der Waals surface area contributed by atoms with Gasteiger partial charge >= 0.3 is 0 Å². The smallest absolute Gasteiger partial charge is 0.203 e. The van der Waals surface area contributed by atoms with Crippen molar-refractivity contribution >= 4 is 17.1 Å². The zero-order chi connectivity index (χ0) is 14.0. The number of hydrogen-bond donors (Lipinski definition) is 0. The first kappa shape index (κ1) is 13.3. The summed E-state index contributed by atoms with van der Waals surface area (Å²) in [7, 11) is 0. The average Bonchev–Trinajstić information content (AvgIpc) is 2.75. The molecule has 6 heteroatoms. The van der Waals surface area contributed by atoms with Crippen molar-refractivity contribution in [3.05, 3.63) is 51.5 Å². The van der Waals surface area contributed by atoms with E-state index < -0.39 is 23.3 Å². The Balaban J connectivity index is 2.40. The van der Waals surface area contributed by atoms with Crippen molar-refractivity contribution in [1.29, 1.82) is 5.26 Å². The van der Waals surface area contributed by atoms with Crippen LogP contribution < -0.4 is 0 Å². The van der Waals surface area contributed by atoms with Crippen molar-refractivity contribution < 1.29 is 13.6 Å². The number of carbonyl (C=O) groups is 1.